The van der Waals surface area contributed by atoms with Crippen LogP contribution in [0.4, 0.5) is 5.82 Å². The fourth-order valence-corrected chi connectivity index (χ4v) is 4.12. The Labute approximate surface area is 172 Å². The largest absolute Gasteiger partial charge is 0.356 e. The first-order valence-electron chi connectivity index (χ1n) is 10.8. The van der Waals surface area contributed by atoms with Gasteiger partial charge < -0.3 is 20.1 Å². The Morgan fingerprint density at radius 2 is 1.79 bits per heavy atom. The zero-order chi connectivity index (χ0) is 20.1. The molecule has 2 N–H and O–H groups in total. The number of hydrogen-bond acceptors (Lipinski definition) is 5. The number of guanidine groups is 1. The molecule has 8 heteroatoms. The maximum Gasteiger partial charge on any atom is 0.192 e. The van der Waals surface area contributed by atoms with Crippen LogP contribution in [0, 0.1) is 6.92 Å². The predicted octanol–water partition coefficient (Wildman–Crippen LogP) is 2.17. The molecule has 3 heterocycles. The first-order chi connectivity index (χ1) is 14.2. The van der Waals surface area contributed by atoms with E-state index < -0.39 is 0 Å². The number of rotatable bonds is 5. The number of aromatic nitrogens is 4. The minimum Gasteiger partial charge on any atom is -0.356 e. The van der Waals surface area contributed by atoms with Gasteiger partial charge in [-0.05, 0) is 44.7 Å². The monoisotopic (exact) mass is 396 g/mol. The van der Waals surface area contributed by atoms with E-state index in [0.717, 1.165) is 49.4 Å². The van der Waals surface area contributed by atoms with Gasteiger partial charge in [-0.2, -0.15) is 0 Å². The van der Waals surface area contributed by atoms with Gasteiger partial charge in [-0.15, -0.1) is 10.2 Å². The summed E-state index contributed by atoms with van der Waals surface area (Å²) in [5.74, 6) is 3.78. The number of hydrogen-bond donors (Lipinski definition) is 2. The van der Waals surface area contributed by atoms with Gasteiger partial charge in [-0.1, -0.05) is 18.9 Å². The smallest absolute Gasteiger partial charge is 0.192 e. The van der Waals surface area contributed by atoms with Crippen molar-refractivity contribution >= 4 is 11.8 Å². The van der Waals surface area contributed by atoms with Crippen LogP contribution in [-0.2, 0) is 13.6 Å². The molecule has 2 aromatic heterocycles. The van der Waals surface area contributed by atoms with Gasteiger partial charge in [-0.3, -0.25) is 0 Å². The molecule has 2 fully saturated rings. The van der Waals surface area contributed by atoms with Crippen molar-refractivity contribution in [1.29, 1.82) is 0 Å². The van der Waals surface area contributed by atoms with Crippen LogP contribution in [-0.4, -0.2) is 50.9 Å². The molecule has 0 spiro atoms. The van der Waals surface area contributed by atoms with Crippen LogP contribution in [0.3, 0.4) is 0 Å². The highest BCUT2D eigenvalue weighted by Gasteiger charge is 2.23. The minimum atomic E-state index is 0.420. The van der Waals surface area contributed by atoms with Crippen molar-refractivity contribution in [3.63, 3.8) is 0 Å². The van der Waals surface area contributed by atoms with Gasteiger partial charge >= 0.3 is 0 Å². The summed E-state index contributed by atoms with van der Waals surface area (Å²) >= 11 is 0. The number of nitrogens with one attached hydrogen (secondary N) is 2. The van der Waals surface area contributed by atoms with E-state index in [1.54, 1.807) is 0 Å². The van der Waals surface area contributed by atoms with Crippen LogP contribution >= 0.6 is 0 Å². The number of anilines is 1. The molecule has 0 unspecified atom stereocenters. The molecule has 2 aromatic rings. The molecule has 29 heavy (non-hydrogen) atoms. The quantitative estimate of drug-likeness (QED) is 0.595. The predicted molar refractivity (Wildman–Crippen MR) is 115 cm³/mol. The van der Waals surface area contributed by atoms with E-state index in [-0.39, 0.29) is 0 Å². The Morgan fingerprint density at radius 1 is 1.07 bits per heavy atom. The van der Waals surface area contributed by atoms with Crippen LogP contribution in [0.5, 0.6) is 0 Å². The Hall–Kier alpha value is -2.64. The SMILES string of the molecule is Cc1nnc(CN=C(NC2CCCC2)NC2CCN(c3ccccn3)CC2)n1C. The van der Waals surface area contributed by atoms with E-state index >= 15 is 0 Å². The molecule has 156 valence electrons. The molecular formula is C21H32N8. The van der Waals surface area contributed by atoms with Gasteiger partial charge in [0.05, 0.1) is 0 Å². The molecule has 0 amide bonds. The second-order valence-electron chi connectivity index (χ2n) is 8.11. The van der Waals surface area contributed by atoms with E-state index in [4.69, 9.17) is 4.99 Å². The van der Waals surface area contributed by atoms with E-state index in [9.17, 15) is 0 Å². The average Bonchev–Trinajstić information content (AvgIpc) is 3.38. The fraction of sp³-hybridized carbons (Fsp3) is 0.619. The lowest BCUT2D eigenvalue weighted by atomic mass is 10.1. The number of aryl methyl sites for hydroxylation is 1. The molecule has 4 rings (SSSR count). The van der Waals surface area contributed by atoms with E-state index in [1.165, 1.54) is 25.7 Å². The minimum absolute atomic E-state index is 0.420. The molecule has 0 bridgehead atoms. The van der Waals surface area contributed by atoms with Gasteiger partial charge in [-0.25, -0.2) is 9.98 Å². The standard InChI is InChI=1S/C21H32N8/c1-16-26-27-20(28(16)2)15-23-21(24-17-7-3-4-8-17)25-18-10-13-29(14-11-18)19-9-5-6-12-22-19/h5-6,9,12,17-18H,3-4,7-8,10-11,13-15H2,1-2H3,(H2,23,24,25). The second-order valence-corrected chi connectivity index (χ2v) is 8.11. The van der Waals surface area contributed by atoms with Crippen molar-refractivity contribution in [3.8, 4) is 0 Å². The van der Waals surface area contributed by atoms with Crippen LogP contribution in [0.1, 0.15) is 50.2 Å². The Morgan fingerprint density at radius 3 is 2.41 bits per heavy atom. The molecule has 2 aliphatic rings. The van der Waals surface area contributed by atoms with Crippen molar-refractivity contribution in [2.24, 2.45) is 12.0 Å². The van der Waals surface area contributed by atoms with Crippen molar-refractivity contribution in [2.75, 3.05) is 18.0 Å². The van der Waals surface area contributed by atoms with E-state index in [0.29, 0.717) is 18.6 Å². The molecule has 1 saturated carbocycles. The summed E-state index contributed by atoms with van der Waals surface area (Å²) in [4.78, 5) is 11.7. The molecule has 0 aromatic carbocycles. The zero-order valence-corrected chi connectivity index (χ0v) is 17.5. The van der Waals surface area contributed by atoms with Crippen molar-refractivity contribution in [1.82, 2.24) is 30.4 Å². The Balaban J connectivity index is 1.37. The number of nitrogens with zero attached hydrogens (tertiary/aromatic N) is 6. The topological polar surface area (TPSA) is 83.3 Å². The first kappa shape index (κ1) is 19.7. The Bertz CT molecular complexity index is 801. The van der Waals surface area contributed by atoms with Crippen LogP contribution < -0.4 is 15.5 Å². The second kappa shape index (κ2) is 9.24. The highest BCUT2D eigenvalue weighted by molar-refractivity contribution is 5.80. The number of pyridine rings is 1. The van der Waals surface area contributed by atoms with Gasteiger partial charge in [0.25, 0.3) is 0 Å². The Kier molecular flexibility index (Phi) is 6.27. The van der Waals surface area contributed by atoms with Crippen LogP contribution in [0.15, 0.2) is 29.4 Å². The lowest BCUT2D eigenvalue weighted by Crippen LogP contribution is -2.50. The molecule has 1 aliphatic carbocycles. The lowest BCUT2D eigenvalue weighted by Gasteiger charge is -2.34. The fourth-order valence-electron chi connectivity index (χ4n) is 4.12. The zero-order valence-electron chi connectivity index (χ0n) is 17.5. The number of piperidine rings is 1. The van der Waals surface area contributed by atoms with Crippen LogP contribution in [0.2, 0.25) is 0 Å². The average molecular weight is 397 g/mol. The maximum atomic E-state index is 4.85. The third-order valence-corrected chi connectivity index (χ3v) is 6.07. The highest BCUT2D eigenvalue weighted by Crippen LogP contribution is 2.19. The van der Waals surface area contributed by atoms with Crippen molar-refractivity contribution in [2.45, 2.75) is 64.1 Å². The summed E-state index contributed by atoms with van der Waals surface area (Å²) in [5, 5.41) is 15.7. The third kappa shape index (κ3) is 5.05. The summed E-state index contributed by atoms with van der Waals surface area (Å²) in [5.41, 5.74) is 0. The third-order valence-electron chi connectivity index (χ3n) is 6.07. The molecule has 1 saturated heterocycles. The van der Waals surface area contributed by atoms with Gasteiger partial charge in [0.1, 0.15) is 18.2 Å². The molecule has 0 radical (unpaired) electrons. The molecule has 0 atom stereocenters. The van der Waals surface area contributed by atoms with E-state index in [2.05, 4.69) is 42.8 Å². The first-order valence-corrected chi connectivity index (χ1v) is 10.8. The molecular weight excluding hydrogens is 364 g/mol. The summed E-state index contributed by atoms with van der Waals surface area (Å²) in [7, 11) is 1.99. The van der Waals surface area contributed by atoms with Crippen LogP contribution in [0.25, 0.3) is 0 Å². The van der Waals surface area contributed by atoms with E-state index in [1.807, 2.05) is 30.8 Å². The van der Waals surface area contributed by atoms with Crippen molar-refractivity contribution < 1.29 is 0 Å². The normalized spacial score (nSPS) is 19.0. The maximum absolute atomic E-state index is 4.85. The molecule has 8 nitrogen and oxygen atoms in total. The summed E-state index contributed by atoms with van der Waals surface area (Å²) < 4.78 is 2.00. The van der Waals surface area contributed by atoms with Crippen molar-refractivity contribution in [3.05, 3.63) is 36.0 Å². The van der Waals surface area contributed by atoms with Gasteiger partial charge in [0.2, 0.25) is 0 Å². The summed E-state index contributed by atoms with van der Waals surface area (Å²) in [6.07, 6.45) is 9.07. The summed E-state index contributed by atoms with van der Waals surface area (Å²) in [6, 6.07) is 7.05. The summed E-state index contributed by atoms with van der Waals surface area (Å²) in [6.45, 7) is 4.51. The molecule has 1 aliphatic heterocycles. The lowest BCUT2D eigenvalue weighted by molar-refractivity contribution is 0.455. The highest BCUT2D eigenvalue weighted by atomic mass is 15.3. The van der Waals surface area contributed by atoms with Gasteiger partial charge in [0.15, 0.2) is 11.8 Å². The number of aliphatic imine (C=N–C) groups is 1. The van der Waals surface area contributed by atoms with Gasteiger partial charge in [0, 0.05) is 38.4 Å².